The minimum absolute atomic E-state index is 0.0174. The molecule has 93 heavy (non-hydrogen) atoms. The second kappa shape index (κ2) is 32.1. The lowest BCUT2D eigenvalue weighted by Gasteiger charge is -2.44. The number of hydrogen-bond acceptors (Lipinski definition) is 22. The molecule has 4 atom stereocenters. The Labute approximate surface area is 537 Å². The molecule has 2 aliphatic rings. The Balaban J connectivity index is 1.28. The standard InChI is InChI=1S/C63H71N7O22S/c1-33(71)87-44-18-9-15-41(51(44)90-36(4)74)55(80)64-30-12-27-63(28-13-31-65-56(81)42-16-10-19-45(88-34(2)72)52(42)91-37(5)75,29-14-32-66-57(82)43-17-11-20-46(89-35(3)73)53(43)92-38(6)76)69-48(79)26-25-47(78)67-49(39-21-23-40(77)24-22-39)58(83)68-50-59(84)70-54(61(85)86)62(7,8)93-60(50)70/h9-11,15-24,49-50,54,60,77H,12-14,25-32H2,1-8H3,(H,64,80)(H,65,81)(H,66,82)(H,67,78)(H,68,83)(H,69,79)(H,85,86)/t49?,50?,54-,60?/m0/s1. The van der Waals surface area contributed by atoms with Crippen molar-refractivity contribution < 1.29 is 106 Å². The first kappa shape index (κ1) is 71.7. The lowest BCUT2D eigenvalue weighted by molar-refractivity contribution is -0.161. The van der Waals surface area contributed by atoms with Crippen molar-refractivity contribution in [2.24, 2.45) is 0 Å². The van der Waals surface area contributed by atoms with Gasteiger partial charge in [-0.3, -0.25) is 62.3 Å². The van der Waals surface area contributed by atoms with Gasteiger partial charge in [-0.2, -0.15) is 0 Å². The number of nitrogens with zero attached hydrogens (tertiary/aromatic N) is 1. The fourth-order valence-electron chi connectivity index (χ4n) is 10.4. The number of carboxylic acids is 1. The number of carbonyl (C=O) groups is 14. The predicted octanol–water partition coefficient (Wildman–Crippen LogP) is 4.00. The van der Waals surface area contributed by atoms with E-state index in [2.05, 4.69) is 31.9 Å². The van der Waals surface area contributed by atoms with Crippen molar-refractivity contribution in [2.45, 2.75) is 141 Å². The average molecular weight is 1310 g/mol. The van der Waals surface area contributed by atoms with Gasteiger partial charge in [-0.1, -0.05) is 30.3 Å². The molecule has 3 unspecified atom stereocenters. The number of carboxylic acid groups (broad SMARTS) is 1. The summed E-state index contributed by atoms with van der Waals surface area (Å²) in [5.74, 6) is -13.3. The molecule has 4 aromatic carbocycles. The summed E-state index contributed by atoms with van der Waals surface area (Å²) in [7, 11) is 0. The lowest BCUT2D eigenvalue weighted by Crippen LogP contribution is -2.71. The first-order valence-electron chi connectivity index (χ1n) is 29.2. The van der Waals surface area contributed by atoms with Gasteiger partial charge in [0.25, 0.3) is 17.7 Å². The fourth-order valence-corrected chi connectivity index (χ4v) is 12.1. The molecule has 0 aliphatic carbocycles. The number of amides is 7. The highest BCUT2D eigenvalue weighted by molar-refractivity contribution is 8.01. The third kappa shape index (κ3) is 19.6. The Kier molecular flexibility index (Phi) is 24.7. The van der Waals surface area contributed by atoms with E-state index in [4.69, 9.17) is 28.4 Å². The number of thioether (sulfide) groups is 1. The number of aromatic hydroxyl groups is 1. The number of rotatable bonds is 30. The number of nitrogens with one attached hydrogen (secondary N) is 6. The van der Waals surface area contributed by atoms with Crippen LogP contribution in [0.25, 0.3) is 0 Å². The van der Waals surface area contributed by atoms with Gasteiger partial charge in [0.05, 0.1) is 16.7 Å². The zero-order chi connectivity index (χ0) is 68.5. The number of hydrogen-bond donors (Lipinski definition) is 8. The van der Waals surface area contributed by atoms with Gasteiger partial charge in [-0.15, -0.1) is 11.8 Å². The molecule has 30 heteroatoms. The zero-order valence-corrected chi connectivity index (χ0v) is 52.8. The molecule has 0 bridgehead atoms. The van der Waals surface area contributed by atoms with Crippen LogP contribution in [0.4, 0.5) is 0 Å². The molecule has 7 amide bonds. The van der Waals surface area contributed by atoms with E-state index in [1.807, 2.05) is 0 Å². The number of phenolic OH excluding ortho intramolecular Hbond substituents is 1. The summed E-state index contributed by atoms with van der Waals surface area (Å²) in [6.07, 6.45) is -0.829. The number of aliphatic carboxylic acids is 1. The van der Waals surface area contributed by atoms with Crippen molar-refractivity contribution >= 4 is 94.9 Å². The van der Waals surface area contributed by atoms with E-state index in [9.17, 15) is 77.3 Å². The van der Waals surface area contributed by atoms with Crippen LogP contribution in [0.2, 0.25) is 0 Å². The van der Waals surface area contributed by atoms with Crippen LogP contribution in [0.15, 0.2) is 78.9 Å². The molecule has 0 saturated carbocycles. The molecule has 496 valence electrons. The number of ether oxygens (including phenoxy) is 6. The smallest absolute Gasteiger partial charge is 0.327 e. The van der Waals surface area contributed by atoms with Crippen LogP contribution >= 0.6 is 11.8 Å². The molecular formula is C63H71N7O22S. The highest BCUT2D eigenvalue weighted by Crippen LogP contribution is 2.51. The minimum Gasteiger partial charge on any atom is -0.508 e. The van der Waals surface area contributed by atoms with Gasteiger partial charge in [0.1, 0.15) is 29.2 Å². The largest absolute Gasteiger partial charge is 0.508 e. The minimum atomic E-state index is -1.50. The number of fused-ring (bicyclic) bond motifs is 1. The van der Waals surface area contributed by atoms with Crippen molar-refractivity contribution in [1.29, 1.82) is 0 Å². The highest BCUT2D eigenvalue weighted by atomic mass is 32.2. The number of carbonyl (C=O) groups excluding carboxylic acids is 13. The molecule has 4 aromatic rings. The SMILES string of the molecule is CC(=O)Oc1cccc(C(=O)NCCCC(CCCNC(=O)c2cccc(OC(C)=O)c2OC(C)=O)(CCCNC(=O)c2cccc(OC(C)=O)c2OC(C)=O)NC(=O)CCC(=O)NC(C(=O)NC2C(=O)N3C2SC(C)(C)[C@@H]3C(=O)O)c2ccc(O)cc2)c1OC(C)=O. The Bertz CT molecular complexity index is 3350. The highest BCUT2D eigenvalue weighted by Gasteiger charge is 2.64. The second-order valence-corrected chi connectivity index (χ2v) is 23.8. The van der Waals surface area contributed by atoms with E-state index in [0.29, 0.717) is 0 Å². The van der Waals surface area contributed by atoms with E-state index in [-0.39, 0.29) is 121 Å². The topological polar surface area (TPSA) is 410 Å². The van der Waals surface area contributed by atoms with Crippen molar-refractivity contribution in [1.82, 2.24) is 36.8 Å². The molecule has 8 N–H and O–H groups in total. The average Bonchev–Trinajstić information content (AvgIpc) is 1.57. The third-order valence-electron chi connectivity index (χ3n) is 14.3. The van der Waals surface area contributed by atoms with E-state index in [0.717, 1.165) is 41.5 Å². The Morgan fingerprint density at radius 3 is 1.29 bits per heavy atom. The Morgan fingerprint density at radius 1 is 0.548 bits per heavy atom. The molecule has 2 fully saturated rings. The summed E-state index contributed by atoms with van der Waals surface area (Å²) >= 11 is 1.18. The molecular weight excluding hydrogens is 1240 g/mol. The molecule has 2 aliphatic heterocycles. The number of β-lactam (4-membered cyclic amide) rings is 1. The summed E-state index contributed by atoms with van der Waals surface area (Å²) in [6, 6.07) is 13.5. The Morgan fingerprint density at radius 2 is 0.925 bits per heavy atom. The molecule has 0 spiro atoms. The molecule has 29 nitrogen and oxygen atoms in total. The monoisotopic (exact) mass is 1310 g/mol. The van der Waals surface area contributed by atoms with Gasteiger partial charge < -0.3 is 75.4 Å². The maximum Gasteiger partial charge on any atom is 0.327 e. The van der Waals surface area contributed by atoms with Gasteiger partial charge in [-0.25, -0.2) is 4.79 Å². The number of para-hydroxylation sites is 3. The summed E-state index contributed by atoms with van der Waals surface area (Å²) in [4.78, 5) is 183. The van der Waals surface area contributed by atoms with Crippen LogP contribution in [0, 0.1) is 0 Å². The quantitative estimate of drug-likeness (QED) is 0.0158. The van der Waals surface area contributed by atoms with E-state index in [1.54, 1.807) is 13.8 Å². The lowest BCUT2D eigenvalue weighted by atomic mass is 9.83. The fraction of sp³-hybridized carbons (Fsp3) is 0.397. The second-order valence-electron chi connectivity index (χ2n) is 22.0. The molecule has 2 heterocycles. The van der Waals surface area contributed by atoms with Crippen molar-refractivity contribution in [3.8, 4) is 40.2 Å². The third-order valence-corrected chi connectivity index (χ3v) is 15.8. The summed E-state index contributed by atoms with van der Waals surface area (Å²) < 4.78 is 30.5. The van der Waals surface area contributed by atoms with Crippen LogP contribution in [-0.4, -0.2) is 146 Å². The van der Waals surface area contributed by atoms with E-state index in [1.165, 1.54) is 95.5 Å². The first-order valence-corrected chi connectivity index (χ1v) is 30.0. The molecule has 0 aromatic heterocycles. The van der Waals surface area contributed by atoms with Crippen LogP contribution < -0.4 is 60.3 Å². The summed E-state index contributed by atoms with van der Waals surface area (Å²) in [5.41, 5.74) is -1.74. The van der Waals surface area contributed by atoms with Gasteiger partial charge in [-0.05, 0) is 106 Å². The van der Waals surface area contributed by atoms with Crippen LogP contribution in [0.5, 0.6) is 40.2 Å². The van der Waals surface area contributed by atoms with Crippen molar-refractivity contribution in [3.63, 3.8) is 0 Å². The van der Waals surface area contributed by atoms with Gasteiger partial charge in [0, 0.05) is 84.3 Å². The summed E-state index contributed by atoms with van der Waals surface area (Å²) in [5, 5.41) is 35.8. The zero-order valence-electron chi connectivity index (χ0n) is 52.0. The van der Waals surface area contributed by atoms with E-state index >= 15 is 0 Å². The van der Waals surface area contributed by atoms with Crippen LogP contribution in [0.1, 0.15) is 149 Å². The maximum atomic E-state index is 14.5. The van der Waals surface area contributed by atoms with E-state index < -0.39 is 130 Å². The number of phenols is 1. The maximum absolute atomic E-state index is 14.5. The molecule has 2 saturated heterocycles. The number of esters is 6. The summed E-state index contributed by atoms with van der Waals surface area (Å²) in [6.45, 7) is 9.50. The van der Waals surface area contributed by atoms with Crippen molar-refractivity contribution in [2.75, 3.05) is 19.6 Å². The van der Waals surface area contributed by atoms with Gasteiger partial charge in [0.15, 0.2) is 34.5 Å². The van der Waals surface area contributed by atoms with Gasteiger partial charge >= 0.3 is 41.8 Å². The van der Waals surface area contributed by atoms with Crippen LogP contribution in [0.3, 0.4) is 0 Å². The van der Waals surface area contributed by atoms with Crippen LogP contribution in [-0.2, 0) is 52.7 Å². The van der Waals surface area contributed by atoms with Crippen molar-refractivity contribution in [3.05, 3.63) is 101 Å². The predicted molar refractivity (Wildman–Crippen MR) is 327 cm³/mol. The number of benzene rings is 4. The Hall–Kier alpha value is -10.4. The van der Waals surface area contributed by atoms with Gasteiger partial charge in [0.2, 0.25) is 23.6 Å². The first-order chi connectivity index (χ1) is 43.9. The molecule has 0 radical (unpaired) electrons. The molecule has 6 rings (SSSR count). The normalized spacial score (nSPS) is 15.5.